The zero-order valence-corrected chi connectivity index (χ0v) is 15.7. The molecule has 10 nitrogen and oxygen atoms in total. The molecule has 1 fully saturated rings. The maximum atomic E-state index is 12.1. The van der Waals surface area contributed by atoms with Gasteiger partial charge in [-0.05, 0) is 19.8 Å². The van der Waals surface area contributed by atoms with E-state index in [1.54, 1.807) is 6.92 Å². The van der Waals surface area contributed by atoms with Gasteiger partial charge in [-0.25, -0.2) is 4.79 Å². The summed E-state index contributed by atoms with van der Waals surface area (Å²) in [7, 11) is 1.43. The van der Waals surface area contributed by atoms with Gasteiger partial charge in [0.1, 0.15) is 5.82 Å². The fourth-order valence-electron chi connectivity index (χ4n) is 2.49. The van der Waals surface area contributed by atoms with Crippen LogP contribution in [0.3, 0.4) is 0 Å². The molecular formula is C15H24N6O4S. The topological polar surface area (TPSA) is 141 Å². The number of hydrogen-bond acceptors (Lipinski definition) is 7. The molecule has 0 bridgehead atoms. The number of aromatic nitrogens is 3. The molecule has 4 N–H and O–H groups in total. The van der Waals surface area contributed by atoms with E-state index in [1.165, 1.54) is 18.8 Å². The van der Waals surface area contributed by atoms with E-state index in [2.05, 4.69) is 20.8 Å². The van der Waals surface area contributed by atoms with E-state index in [1.807, 2.05) is 4.57 Å². The molecule has 11 heteroatoms. The molecule has 2 rings (SSSR count). The summed E-state index contributed by atoms with van der Waals surface area (Å²) in [5.41, 5.74) is 5.22. The Morgan fingerprint density at radius 3 is 2.81 bits per heavy atom. The third-order valence-electron chi connectivity index (χ3n) is 3.91. The third kappa shape index (κ3) is 5.70. The molecule has 2 unspecified atom stereocenters. The SMILES string of the molecule is CNC(=O)NC(=O)C(C)Sc1nnc(CCC(N)=O)n1CC1CCCO1. The van der Waals surface area contributed by atoms with Crippen LogP contribution in [0.15, 0.2) is 5.16 Å². The van der Waals surface area contributed by atoms with Crippen molar-refractivity contribution in [2.45, 2.75) is 55.7 Å². The molecular weight excluding hydrogens is 360 g/mol. The first kappa shape index (κ1) is 20.2. The average Bonchev–Trinajstić information content (AvgIpc) is 3.24. The van der Waals surface area contributed by atoms with Gasteiger partial charge in [0.15, 0.2) is 5.16 Å². The molecule has 144 valence electrons. The Morgan fingerprint density at radius 1 is 1.42 bits per heavy atom. The first-order valence-corrected chi connectivity index (χ1v) is 9.30. The highest BCUT2D eigenvalue weighted by Crippen LogP contribution is 2.25. The number of nitrogens with one attached hydrogen (secondary N) is 2. The lowest BCUT2D eigenvalue weighted by Crippen LogP contribution is -2.41. The minimum Gasteiger partial charge on any atom is -0.376 e. The largest absolute Gasteiger partial charge is 0.376 e. The molecule has 0 aromatic carbocycles. The molecule has 1 aliphatic heterocycles. The van der Waals surface area contributed by atoms with Crippen LogP contribution in [0.1, 0.15) is 32.0 Å². The van der Waals surface area contributed by atoms with Crippen molar-refractivity contribution in [1.29, 1.82) is 0 Å². The van der Waals surface area contributed by atoms with Gasteiger partial charge in [-0.2, -0.15) is 0 Å². The number of primary amides is 1. The number of rotatable bonds is 8. The number of imide groups is 1. The third-order valence-corrected chi connectivity index (χ3v) is 4.99. The Morgan fingerprint density at radius 2 is 2.19 bits per heavy atom. The van der Waals surface area contributed by atoms with Gasteiger partial charge in [0, 0.05) is 26.5 Å². The monoisotopic (exact) mass is 384 g/mol. The maximum absolute atomic E-state index is 12.1. The number of aryl methyl sites for hydroxylation is 1. The van der Waals surface area contributed by atoms with Gasteiger partial charge in [0.05, 0.1) is 17.9 Å². The summed E-state index contributed by atoms with van der Waals surface area (Å²) in [6.07, 6.45) is 2.52. The zero-order valence-electron chi connectivity index (χ0n) is 14.9. The van der Waals surface area contributed by atoms with Crippen LogP contribution in [0.2, 0.25) is 0 Å². The molecule has 0 aliphatic carbocycles. The zero-order chi connectivity index (χ0) is 19.1. The summed E-state index contributed by atoms with van der Waals surface area (Å²) in [6.45, 7) is 2.95. The lowest BCUT2D eigenvalue weighted by Gasteiger charge is -2.16. The smallest absolute Gasteiger partial charge is 0.321 e. The van der Waals surface area contributed by atoms with Crippen LogP contribution in [0.5, 0.6) is 0 Å². The van der Waals surface area contributed by atoms with Crippen molar-refractivity contribution in [3.63, 3.8) is 0 Å². The minimum atomic E-state index is -0.564. The number of ether oxygens (including phenoxy) is 1. The molecule has 2 heterocycles. The minimum absolute atomic E-state index is 0.0488. The number of hydrogen-bond donors (Lipinski definition) is 3. The van der Waals surface area contributed by atoms with Crippen LogP contribution in [0.25, 0.3) is 0 Å². The van der Waals surface area contributed by atoms with Gasteiger partial charge in [0.2, 0.25) is 11.8 Å². The van der Waals surface area contributed by atoms with E-state index in [0.717, 1.165) is 19.4 Å². The Balaban J connectivity index is 2.10. The number of thioether (sulfide) groups is 1. The van der Waals surface area contributed by atoms with Crippen LogP contribution in [0.4, 0.5) is 4.79 Å². The molecule has 1 aromatic rings. The Bertz CT molecular complexity index is 659. The van der Waals surface area contributed by atoms with Crippen molar-refractivity contribution in [2.75, 3.05) is 13.7 Å². The Labute approximate surface area is 155 Å². The Hall–Kier alpha value is -2.14. The van der Waals surface area contributed by atoms with Crippen LogP contribution in [0, 0.1) is 0 Å². The molecule has 0 saturated carbocycles. The molecule has 0 radical (unpaired) electrons. The van der Waals surface area contributed by atoms with Crippen molar-refractivity contribution < 1.29 is 19.1 Å². The number of carbonyl (C=O) groups is 3. The van der Waals surface area contributed by atoms with Gasteiger partial charge in [-0.15, -0.1) is 10.2 Å². The van der Waals surface area contributed by atoms with Gasteiger partial charge in [-0.3, -0.25) is 14.9 Å². The number of nitrogens with zero attached hydrogens (tertiary/aromatic N) is 3. The van der Waals surface area contributed by atoms with Gasteiger partial charge in [0.25, 0.3) is 0 Å². The number of urea groups is 1. The normalized spacial score (nSPS) is 17.7. The van der Waals surface area contributed by atoms with Gasteiger partial charge in [-0.1, -0.05) is 11.8 Å². The molecule has 4 amide bonds. The number of nitrogens with two attached hydrogens (primary N) is 1. The first-order valence-electron chi connectivity index (χ1n) is 8.42. The lowest BCUT2D eigenvalue weighted by atomic mass is 10.2. The molecule has 1 aromatic heterocycles. The molecule has 0 spiro atoms. The quantitative estimate of drug-likeness (QED) is 0.528. The summed E-state index contributed by atoms with van der Waals surface area (Å²) in [4.78, 5) is 34.4. The van der Waals surface area contributed by atoms with Crippen LogP contribution in [-0.2, 0) is 27.3 Å². The number of carbonyl (C=O) groups excluding carboxylic acids is 3. The summed E-state index contributed by atoms with van der Waals surface area (Å²) in [6, 6.07) is -0.564. The van der Waals surface area contributed by atoms with Crippen LogP contribution >= 0.6 is 11.8 Å². The van der Waals surface area contributed by atoms with E-state index in [-0.39, 0.29) is 12.5 Å². The predicted molar refractivity (Wildman–Crippen MR) is 94.4 cm³/mol. The molecule has 1 saturated heterocycles. The fourth-order valence-corrected chi connectivity index (χ4v) is 3.37. The van der Waals surface area contributed by atoms with E-state index in [9.17, 15) is 14.4 Å². The summed E-state index contributed by atoms with van der Waals surface area (Å²) in [5, 5.41) is 12.8. The average molecular weight is 384 g/mol. The van der Waals surface area contributed by atoms with Gasteiger partial charge >= 0.3 is 6.03 Å². The van der Waals surface area contributed by atoms with E-state index < -0.39 is 23.1 Å². The second-order valence-corrected chi connectivity index (χ2v) is 7.25. The standard InChI is InChI=1S/C15H24N6O4S/c1-9(13(23)18-14(24)17-2)26-15-20-19-12(6-5-11(16)22)21(15)8-10-4-3-7-25-10/h9-10H,3-8H2,1-2H3,(H2,16,22)(H2,17,18,23,24). The molecule has 2 atom stereocenters. The number of amides is 4. The summed E-state index contributed by atoms with van der Waals surface area (Å²) in [5.74, 6) is -0.218. The van der Waals surface area contributed by atoms with Crippen LogP contribution in [-0.4, -0.2) is 57.6 Å². The van der Waals surface area contributed by atoms with Gasteiger partial charge < -0.3 is 20.4 Å². The van der Waals surface area contributed by atoms with E-state index in [0.29, 0.717) is 23.9 Å². The van der Waals surface area contributed by atoms with Crippen molar-refractivity contribution in [3.8, 4) is 0 Å². The van der Waals surface area contributed by atoms with Crippen molar-refractivity contribution in [3.05, 3.63) is 5.82 Å². The summed E-state index contributed by atoms with van der Waals surface area (Å²) >= 11 is 1.19. The highest BCUT2D eigenvalue weighted by atomic mass is 32.2. The molecule has 26 heavy (non-hydrogen) atoms. The van der Waals surface area contributed by atoms with Crippen molar-refractivity contribution in [1.82, 2.24) is 25.4 Å². The second kappa shape index (κ2) is 9.53. The highest BCUT2D eigenvalue weighted by molar-refractivity contribution is 8.00. The van der Waals surface area contributed by atoms with Crippen molar-refractivity contribution >= 4 is 29.6 Å². The second-order valence-electron chi connectivity index (χ2n) is 5.94. The highest BCUT2D eigenvalue weighted by Gasteiger charge is 2.24. The van der Waals surface area contributed by atoms with E-state index in [4.69, 9.17) is 10.5 Å². The van der Waals surface area contributed by atoms with Crippen molar-refractivity contribution in [2.24, 2.45) is 5.73 Å². The molecule has 1 aliphatic rings. The predicted octanol–water partition coefficient (Wildman–Crippen LogP) is -0.189. The maximum Gasteiger partial charge on any atom is 0.321 e. The summed E-state index contributed by atoms with van der Waals surface area (Å²) < 4.78 is 7.54. The lowest BCUT2D eigenvalue weighted by molar-refractivity contribution is -0.119. The van der Waals surface area contributed by atoms with Crippen LogP contribution < -0.4 is 16.4 Å². The Kier molecular flexibility index (Phi) is 7.39. The first-order chi connectivity index (χ1) is 12.4. The van der Waals surface area contributed by atoms with E-state index >= 15 is 0 Å². The fraction of sp³-hybridized carbons (Fsp3) is 0.667.